The second-order valence-electron chi connectivity index (χ2n) is 5.32. The van der Waals surface area contributed by atoms with Crippen molar-refractivity contribution in [1.29, 1.82) is 0 Å². The van der Waals surface area contributed by atoms with E-state index in [9.17, 15) is 0 Å². The van der Waals surface area contributed by atoms with Crippen LogP contribution in [-0.2, 0) is 11.8 Å². The molecule has 0 aliphatic heterocycles. The molecule has 1 aromatic carbocycles. The van der Waals surface area contributed by atoms with Crippen LogP contribution in [0, 0.1) is 0 Å². The molecule has 0 saturated carbocycles. The second-order valence-corrected chi connectivity index (χ2v) is 8.89. The minimum absolute atomic E-state index is 0.247. The summed E-state index contributed by atoms with van der Waals surface area (Å²) >= 11 is 5.57. The van der Waals surface area contributed by atoms with Gasteiger partial charge >= 0.3 is 0 Å². The molecule has 0 aliphatic rings. The summed E-state index contributed by atoms with van der Waals surface area (Å²) in [5.74, 6) is 0.905. The predicted octanol–water partition coefficient (Wildman–Crippen LogP) is 4.52. The molecular weight excluding hydrogens is 299 g/mol. The van der Waals surface area contributed by atoms with Gasteiger partial charge in [-0.1, -0.05) is 32.6 Å². The Morgan fingerprint density at radius 2 is 1.86 bits per heavy atom. The fourth-order valence-corrected chi connectivity index (χ4v) is 3.45. The summed E-state index contributed by atoms with van der Waals surface area (Å²) in [4.78, 5) is 0. The fourth-order valence-electron chi connectivity index (χ4n) is 1.65. The summed E-state index contributed by atoms with van der Waals surface area (Å²) in [6.45, 7) is 7.57. The van der Waals surface area contributed by atoms with E-state index in [-0.39, 0.29) is 6.10 Å². The van der Waals surface area contributed by atoms with Crippen molar-refractivity contribution in [3.05, 3.63) is 29.8 Å². The SMILES string of the molecule is CCC(C)Oc1ccc(/C=N/N(C)[PH](=S)C(C)CC)cc1. The molecule has 5 heteroatoms. The van der Waals surface area contributed by atoms with Gasteiger partial charge in [-0.05, 0) is 49.6 Å². The normalized spacial score (nSPS) is 15.7. The first kappa shape index (κ1) is 18.2. The minimum Gasteiger partial charge on any atom is -0.491 e. The molecule has 3 atom stereocenters. The van der Waals surface area contributed by atoms with Gasteiger partial charge in [-0.25, -0.2) is 0 Å². The van der Waals surface area contributed by atoms with Crippen molar-refractivity contribution in [1.82, 2.24) is 4.78 Å². The van der Waals surface area contributed by atoms with Crippen molar-refractivity contribution >= 4 is 24.9 Å². The van der Waals surface area contributed by atoms with Gasteiger partial charge in [-0.15, -0.1) is 0 Å². The Kier molecular flexibility index (Phi) is 7.98. The number of ether oxygens (including phenoxy) is 1. The molecule has 118 valence electrons. The lowest BCUT2D eigenvalue weighted by molar-refractivity contribution is 0.217. The van der Waals surface area contributed by atoms with E-state index in [1.165, 1.54) is 0 Å². The second kappa shape index (κ2) is 9.22. The van der Waals surface area contributed by atoms with Crippen LogP contribution in [0.2, 0.25) is 0 Å². The summed E-state index contributed by atoms with van der Waals surface area (Å²) in [7, 11) is 1.98. The van der Waals surface area contributed by atoms with Crippen LogP contribution in [0.3, 0.4) is 0 Å². The van der Waals surface area contributed by atoms with Crippen LogP contribution in [-0.4, -0.2) is 29.8 Å². The average Bonchev–Trinajstić information content (AvgIpc) is 2.52. The van der Waals surface area contributed by atoms with Crippen molar-refractivity contribution < 1.29 is 4.74 Å². The predicted molar refractivity (Wildman–Crippen MR) is 97.6 cm³/mol. The maximum Gasteiger partial charge on any atom is 0.119 e. The van der Waals surface area contributed by atoms with E-state index in [0.29, 0.717) is 5.66 Å². The number of nitrogens with zero attached hydrogens (tertiary/aromatic N) is 2. The van der Waals surface area contributed by atoms with Crippen molar-refractivity contribution in [2.75, 3.05) is 7.05 Å². The minimum atomic E-state index is -0.998. The van der Waals surface area contributed by atoms with Crippen molar-refractivity contribution in [2.45, 2.75) is 52.3 Å². The number of hydrogen-bond acceptors (Lipinski definition) is 3. The molecule has 0 heterocycles. The van der Waals surface area contributed by atoms with E-state index in [4.69, 9.17) is 16.5 Å². The third-order valence-electron chi connectivity index (χ3n) is 3.53. The molecule has 0 radical (unpaired) electrons. The lowest BCUT2D eigenvalue weighted by Gasteiger charge is -2.20. The number of hydrogen-bond donors (Lipinski definition) is 0. The first-order valence-corrected chi connectivity index (χ1v) is 10.2. The fraction of sp³-hybridized carbons (Fsp3) is 0.562. The van der Waals surface area contributed by atoms with Gasteiger partial charge in [0.15, 0.2) is 0 Å². The Labute approximate surface area is 134 Å². The molecule has 0 aromatic heterocycles. The van der Waals surface area contributed by atoms with E-state index in [2.05, 4.69) is 32.8 Å². The Morgan fingerprint density at radius 3 is 2.38 bits per heavy atom. The zero-order chi connectivity index (χ0) is 15.8. The van der Waals surface area contributed by atoms with Crippen LogP contribution in [0.15, 0.2) is 29.4 Å². The summed E-state index contributed by atoms with van der Waals surface area (Å²) in [5.41, 5.74) is 1.62. The molecule has 0 aliphatic carbocycles. The van der Waals surface area contributed by atoms with Crippen LogP contribution in [0.1, 0.15) is 46.1 Å². The highest BCUT2D eigenvalue weighted by Gasteiger charge is 2.07. The van der Waals surface area contributed by atoms with Crippen LogP contribution in [0.4, 0.5) is 0 Å². The standard InChI is InChI=1S/C16H27N2OPS/c1-6-13(3)19-16-10-8-15(9-11-16)12-17-18(5)20(21)14(4)7-2/h8-14,20H,6-7H2,1-5H3/b17-12+. The number of hydrazone groups is 1. The largest absolute Gasteiger partial charge is 0.491 e. The zero-order valence-corrected chi connectivity index (χ0v) is 15.5. The molecule has 0 saturated heterocycles. The molecule has 1 rings (SSSR count). The lowest BCUT2D eigenvalue weighted by Crippen LogP contribution is -2.09. The monoisotopic (exact) mass is 326 g/mol. The summed E-state index contributed by atoms with van der Waals surface area (Å²) in [6, 6.07) is 8.02. The van der Waals surface area contributed by atoms with Gasteiger partial charge in [0.2, 0.25) is 0 Å². The number of benzene rings is 1. The third-order valence-corrected chi connectivity index (χ3v) is 7.53. The summed E-state index contributed by atoms with van der Waals surface area (Å²) in [5, 5.41) is 4.48. The van der Waals surface area contributed by atoms with Crippen LogP contribution in [0.25, 0.3) is 0 Å². The third kappa shape index (κ3) is 6.19. The van der Waals surface area contributed by atoms with Crippen molar-refractivity contribution in [3.8, 4) is 5.75 Å². The van der Waals surface area contributed by atoms with Crippen LogP contribution >= 0.6 is 6.85 Å². The first-order chi connectivity index (χ1) is 9.97. The van der Waals surface area contributed by atoms with Gasteiger partial charge in [0.25, 0.3) is 0 Å². The Bertz CT molecular complexity index is 476. The highest BCUT2D eigenvalue weighted by atomic mass is 32.4. The van der Waals surface area contributed by atoms with Gasteiger partial charge in [0.05, 0.1) is 12.3 Å². The topological polar surface area (TPSA) is 24.8 Å². The number of rotatable bonds is 8. The van der Waals surface area contributed by atoms with E-state index >= 15 is 0 Å². The molecule has 0 spiro atoms. The van der Waals surface area contributed by atoms with Gasteiger partial charge in [0.1, 0.15) is 5.75 Å². The Balaban J connectivity index is 2.62. The van der Waals surface area contributed by atoms with Gasteiger partial charge in [0, 0.05) is 19.6 Å². The highest BCUT2D eigenvalue weighted by Crippen LogP contribution is 2.33. The zero-order valence-electron chi connectivity index (χ0n) is 13.7. The van der Waals surface area contributed by atoms with E-state index in [1.807, 2.05) is 42.3 Å². The maximum absolute atomic E-state index is 5.76. The van der Waals surface area contributed by atoms with Gasteiger partial charge in [-0.2, -0.15) is 5.10 Å². The van der Waals surface area contributed by atoms with Gasteiger partial charge in [-0.3, -0.25) is 4.78 Å². The lowest BCUT2D eigenvalue weighted by atomic mass is 10.2. The van der Waals surface area contributed by atoms with Crippen molar-refractivity contribution in [3.63, 3.8) is 0 Å². The molecule has 0 amide bonds. The van der Waals surface area contributed by atoms with Crippen LogP contribution < -0.4 is 4.74 Å². The first-order valence-electron chi connectivity index (χ1n) is 7.56. The quantitative estimate of drug-likeness (QED) is 0.399. The summed E-state index contributed by atoms with van der Waals surface area (Å²) in [6.07, 6.45) is 4.23. The van der Waals surface area contributed by atoms with Crippen molar-refractivity contribution in [2.24, 2.45) is 5.10 Å². The van der Waals surface area contributed by atoms with E-state index < -0.39 is 6.85 Å². The molecule has 1 aromatic rings. The molecule has 0 fully saturated rings. The Morgan fingerprint density at radius 1 is 1.24 bits per heavy atom. The molecule has 3 unspecified atom stereocenters. The maximum atomic E-state index is 5.76. The molecule has 21 heavy (non-hydrogen) atoms. The van der Waals surface area contributed by atoms with Crippen LogP contribution in [0.5, 0.6) is 5.75 Å². The molecule has 0 bridgehead atoms. The molecule has 0 N–H and O–H groups in total. The molecule has 3 nitrogen and oxygen atoms in total. The smallest absolute Gasteiger partial charge is 0.119 e. The summed E-state index contributed by atoms with van der Waals surface area (Å²) < 4.78 is 7.72. The molecular formula is C16H27N2OPS. The van der Waals surface area contributed by atoms with E-state index in [1.54, 1.807) is 0 Å². The van der Waals surface area contributed by atoms with E-state index in [0.717, 1.165) is 24.2 Å². The Hall–Kier alpha value is -0.860. The highest BCUT2D eigenvalue weighted by molar-refractivity contribution is 8.04. The average molecular weight is 326 g/mol. The van der Waals surface area contributed by atoms with Gasteiger partial charge < -0.3 is 4.74 Å².